The summed E-state index contributed by atoms with van der Waals surface area (Å²) in [7, 11) is 0. The lowest BCUT2D eigenvalue weighted by Crippen LogP contribution is -2.19. The molecule has 0 saturated carbocycles. The second-order valence-corrected chi connectivity index (χ2v) is 5.74. The van der Waals surface area contributed by atoms with Gasteiger partial charge >= 0.3 is 0 Å². The second-order valence-electron chi connectivity index (χ2n) is 5.23. The van der Waals surface area contributed by atoms with Gasteiger partial charge in [0, 0.05) is 6.20 Å². The molecule has 0 aliphatic heterocycles. The van der Waals surface area contributed by atoms with Gasteiger partial charge in [0.25, 0.3) is 0 Å². The average molecular weight is 327 g/mol. The number of hydrogen-bond donors (Lipinski definition) is 2. The van der Waals surface area contributed by atoms with Crippen molar-refractivity contribution in [1.29, 1.82) is 0 Å². The number of hydrogen-bond acceptors (Lipinski definition) is 4. The highest BCUT2D eigenvalue weighted by Crippen LogP contribution is 2.29. The minimum atomic E-state index is -0.763. The summed E-state index contributed by atoms with van der Waals surface area (Å²) < 4.78 is 7.74. The molecule has 118 valence electrons. The summed E-state index contributed by atoms with van der Waals surface area (Å²) >= 11 is 4.25. The summed E-state index contributed by atoms with van der Waals surface area (Å²) in [6, 6.07) is 13.7. The van der Waals surface area contributed by atoms with Gasteiger partial charge in [-0.15, -0.1) is 0 Å². The Balaban J connectivity index is 1.97. The largest absolute Gasteiger partial charge is 0.487 e. The Labute approximate surface area is 139 Å². The molecule has 0 aliphatic rings. The van der Waals surface area contributed by atoms with E-state index < -0.39 is 11.2 Å². The number of fused-ring (bicyclic) bond motifs is 1. The molecule has 2 heterocycles. The number of pyridine rings is 1. The molecule has 1 atom stereocenters. The van der Waals surface area contributed by atoms with Gasteiger partial charge in [-0.2, -0.15) is 12.6 Å². The molecule has 3 aromatic rings. The van der Waals surface area contributed by atoms with Crippen molar-refractivity contribution in [3.05, 3.63) is 65.7 Å². The van der Waals surface area contributed by atoms with Crippen molar-refractivity contribution in [3.8, 4) is 5.75 Å². The Hall–Kier alpha value is -2.47. The molecule has 3 rings (SSSR count). The summed E-state index contributed by atoms with van der Waals surface area (Å²) in [5.41, 5.74) is 8.01. The molecule has 0 bridgehead atoms. The van der Waals surface area contributed by atoms with Gasteiger partial charge in [0.1, 0.15) is 28.9 Å². The van der Waals surface area contributed by atoms with E-state index in [1.165, 1.54) is 0 Å². The van der Waals surface area contributed by atoms with Crippen LogP contribution in [0.2, 0.25) is 0 Å². The molecule has 0 spiro atoms. The van der Waals surface area contributed by atoms with Gasteiger partial charge in [-0.3, -0.25) is 9.20 Å². The summed E-state index contributed by atoms with van der Waals surface area (Å²) in [5, 5.41) is -0.763. The molecule has 1 amide bonds. The average Bonchev–Trinajstić information content (AvgIpc) is 2.90. The van der Waals surface area contributed by atoms with E-state index in [9.17, 15) is 4.79 Å². The van der Waals surface area contributed by atoms with Crippen LogP contribution in [0.1, 0.15) is 22.3 Å². The number of primary amides is 1. The number of thiol groups is 1. The molecule has 23 heavy (non-hydrogen) atoms. The van der Waals surface area contributed by atoms with Crippen LogP contribution in [0.5, 0.6) is 5.75 Å². The van der Waals surface area contributed by atoms with Crippen LogP contribution in [-0.4, -0.2) is 15.3 Å². The van der Waals surface area contributed by atoms with Crippen LogP contribution in [0.25, 0.3) is 5.52 Å². The summed E-state index contributed by atoms with van der Waals surface area (Å²) in [6.07, 6.45) is 1.83. The summed E-state index contributed by atoms with van der Waals surface area (Å²) in [4.78, 5) is 15.8. The van der Waals surface area contributed by atoms with Gasteiger partial charge in [-0.05, 0) is 24.6 Å². The van der Waals surface area contributed by atoms with Gasteiger partial charge in [0.05, 0.1) is 5.69 Å². The van der Waals surface area contributed by atoms with Crippen LogP contribution < -0.4 is 10.5 Å². The third-order valence-electron chi connectivity index (χ3n) is 3.58. The highest BCUT2D eigenvalue weighted by atomic mass is 32.1. The lowest BCUT2D eigenvalue weighted by molar-refractivity contribution is -0.117. The van der Waals surface area contributed by atoms with Crippen LogP contribution >= 0.6 is 12.6 Å². The molecule has 1 aromatic carbocycles. The first-order valence-corrected chi connectivity index (χ1v) is 7.71. The number of aryl methyl sites for hydroxylation is 1. The lowest BCUT2D eigenvalue weighted by atomic mass is 10.2. The Kier molecular flexibility index (Phi) is 4.25. The maximum Gasteiger partial charge on any atom is 0.238 e. The molecule has 2 N–H and O–H groups in total. The zero-order valence-electron chi connectivity index (χ0n) is 12.6. The molecule has 0 fully saturated rings. The summed E-state index contributed by atoms with van der Waals surface area (Å²) in [5.74, 6) is 0.673. The fraction of sp³-hybridized carbons (Fsp3) is 0.176. The van der Waals surface area contributed by atoms with Crippen molar-refractivity contribution in [2.24, 2.45) is 5.73 Å². The minimum Gasteiger partial charge on any atom is -0.487 e. The van der Waals surface area contributed by atoms with E-state index in [0.717, 1.165) is 16.8 Å². The lowest BCUT2D eigenvalue weighted by Gasteiger charge is -2.10. The standard InChI is InChI=1S/C17H17N3O2S/c1-11-14-13(22-10-12-6-3-2-4-7-12)8-5-9-20(14)17(19-11)15(23)16(18)21/h2-9,15,23H,10H2,1H3,(H2,18,21). The minimum absolute atomic E-state index is 0.459. The fourth-order valence-electron chi connectivity index (χ4n) is 2.48. The van der Waals surface area contributed by atoms with E-state index in [4.69, 9.17) is 10.5 Å². The van der Waals surface area contributed by atoms with Gasteiger partial charge in [-0.25, -0.2) is 4.98 Å². The SMILES string of the molecule is Cc1nc(C(S)C(N)=O)n2cccc(OCc3ccccc3)c12. The first kappa shape index (κ1) is 15.4. The van der Waals surface area contributed by atoms with E-state index in [0.29, 0.717) is 18.2 Å². The first-order chi connectivity index (χ1) is 11.1. The topological polar surface area (TPSA) is 69.6 Å². The molecule has 0 radical (unpaired) electrons. The number of carbonyl (C=O) groups is 1. The maximum atomic E-state index is 11.4. The molecule has 1 unspecified atom stereocenters. The molecule has 6 heteroatoms. The second kappa shape index (κ2) is 6.34. The van der Waals surface area contributed by atoms with E-state index >= 15 is 0 Å². The van der Waals surface area contributed by atoms with Crippen molar-refractivity contribution >= 4 is 24.1 Å². The van der Waals surface area contributed by atoms with Crippen LogP contribution in [0.4, 0.5) is 0 Å². The predicted octanol–water partition coefficient (Wildman–Crippen LogP) is 2.68. The Bertz CT molecular complexity index is 846. The number of aromatic nitrogens is 2. The van der Waals surface area contributed by atoms with Crippen LogP contribution in [0.3, 0.4) is 0 Å². The molecular formula is C17H17N3O2S. The van der Waals surface area contributed by atoms with E-state index in [-0.39, 0.29) is 0 Å². The number of imidazole rings is 1. The molecule has 5 nitrogen and oxygen atoms in total. The molecule has 0 saturated heterocycles. The fourth-order valence-corrected chi connectivity index (χ4v) is 2.66. The highest BCUT2D eigenvalue weighted by Gasteiger charge is 2.21. The van der Waals surface area contributed by atoms with Gasteiger partial charge in [-0.1, -0.05) is 30.3 Å². The third-order valence-corrected chi connectivity index (χ3v) is 4.07. The number of nitrogens with two attached hydrogens (primary N) is 1. The Morgan fingerprint density at radius 1 is 1.30 bits per heavy atom. The normalized spacial score (nSPS) is 12.3. The number of carbonyl (C=O) groups excluding carboxylic acids is 1. The number of nitrogens with zero attached hydrogens (tertiary/aromatic N) is 2. The molecular weight excluding hydrogens is 310 g/mol. The molecule has 2 aromatic heterocycles. The predicted molar refractivity (Wildman–Crippen MR) is 91.6 cm³/mol. The van der Waals surface area contributed by atoms with Crippen molar-refractivity contribution in [3.63, 3.8) is 0 Å². The zero-order valence-corrected chi connectivity index (χ0v) is 13.5. The van der Waals surface area contributed by atoms with Crippen LogP contribution in [-0.2, 0) is 11.4 Å². The van der Waals surface area contributed by atoms with Gasteiger partial charge in [0.15, 0.2) is 0 Å². The van der Waals surface area contributed by atoms with Crippen molar-refractivity contribution < 1.29 is 9.53 Å². The quantitative estimate of drug-likeness (QED) is 0.708. The Morgan fingerprint density at radius 2 is 2.04 bits per heavy atom. The van der Waals surface area contributed by atoms with Crippen LogP contribution in [0.15, 0.2) is 48.7 Å². The number of rotatable bonds is 5. The van der Waals surface area contributed by atoms with E-state index in [1.807, 2.05) is 55.6 Å². The van der Waals surface area contributed by atoms with E-state index in [1.54, 1.807) is 4.40 Å². The monoisotopic (exact) mass is 327 g/mol. The van der Waals surface area contributed by atoms with Crippen molar-refractivity contribution in [2.75, 3.05) is 0 Å². The van der Waals surface area contributed by atoms with E-state index in [2.05, 4.69) is 17.6 Å². The number of benzene rings is 1. The number of amides is 1. The number of ether oxygens (including phenoxy) is 1. The zero-order chi connectivity index (χ0) is 16.4. The third kappa shape index (κ3) is 3.03. The van der Waals surface area contributed by atoms with Crippen molar-refractivity contribution in [2.45, 2.75) is 18.8 Å². The van der Waals surface area contributed by atoms with Gasteiger partial charge < -0.3 is 10.5 Å². The smallest absolute Gasteiger partial charge is 0.238 e. The first-order valence-electron chi connectivity index (χ1n) is 7.19. The van der Waals surface area contributed by atoms with Crippen LogP contribution in [0, 0.1) is 6.92 Å². The maximum absolute atomic E-state index is 11.4. The van der Waals surface area contributed by atoms with Crippen molar-refractivity contribution in [1.82, 2.24) is 9.38 Å². The molecule has 0 aliphatic carbocycles. The highest BCUT2D eigenvalue weighted by molar-refractivity contribution is 7.81. The Morgan fingerprint density at radius 3 is 2.74 bits per heavy atom. The van der Waals surface area contributed by atoms with Gasteiger partial charge in [0.2, 0.25) is 5.91 Å². The summed E-state index contributed by atoms with van der Waals surface area (Å²) in [6.45, 7) is 2.33.